The van der Waals surface area contributed by atoms with Crippen molar-refractivity contribution in [3.05, 3.63) is 0 Å². The van der Waals surface area contributed by atoms with Crippen molar-refractivity contribution in [3.8, 4) is 0 Å². The zero-order chi connectivity index (χ0) is 4.71. The summed E-state index contributed by atoms with van der Waals surface area (Å²) in [6, 6.07) is 0. The normalized spacial score (nSPS) is 3.43. The third-order valence-corrected chi connectivity index (χ3v) is 0. The molecule has 0 fully saturated rings. The summed E-state index contributed by atoms with van der Waals surface area (Å²) in [6.45, 7) is 0. The maximum atomic E-state index is 7.81. The molecule has 0 aliphatic rings. The minimum atomic E-state index is 0. The molecule has 0 amide bonds. The summed E-state index contributed by atoms with van der Waals surface area (Å²) in [5.41, 5.74) is 0. The van der Waals surface area contributed by atoms with Crippen LogP contribution in [0.1, 0.15) is 7.43 Å². The Balaban J connectivity index is -0.0000000105. The van der Waals surface area contributed by atoms with Crippen LogP contribution < -0.4 is 0 Å². The second-order valence-corrected chi connectivity index (χ2v) is 0.909. The predicted octanol–water partition coefficient (Wildman–Crippen LogP) is 1.93. The molecule has 0 aromatic rings. The first-order valence-electron chi connectivity index (χ1n) is 0.658. The number of alkyl halides is 2. The van der Waals surface area contributed by atoms with E-state index in [9.17, 15) is 0 Å². The van der Waals surface area contributed by atoms with E-state index in [1.165, 1.54) is 0 Å². The fourth-order valence-corrected chi connectivity index (χ4v) is 0. The Kier molecular flexibility index (Phi) is 177. The summed E-state index contributed by atoms with van der Waals surface area (Å²) in [5.74, 6) is 0. The number of halogens is 2. The van der Waals surface area contributed by atoms with E-state index >= 15 is 0 Å². The third kappa shape index (κ3) is 108. The Labute approximate surface area is 72.6 Å². The molecule has 0 saturated heterocycles. The van der Waals surface area contributed by atoms with Gasteiger partial charge in [0.2, 0.25) is 0 Å². The molecule has 0 spiro atoms. The average molecular weight is 244 g/mol. The van der Waals surface area contributed by atoms with Crippen LogP contribution in [0.5, 0.6) is 0 Å². The van der Waals surface area contributed by atoms with Gasteiger partial charge in [-0.1, -0.05) is 7.43 Å². The van der Waals surface area contributed by atoms with E-state index in [1.807, 2.05) is 0 Å². The van der Waals surface area contributed by atoms with Crippen molar-refractivity contribution in [2.45, 2.75) is 7.43 Å². The van der Waals surface area contributed by atoms with Gasteiger partial charge in [-0.05, 0) is 0 Å². The second kappa shape index (κ2) is 52.2. The first-order valence-corrected chi connectivity index (χ1v) is 2.11. The van der Waals surface area contributed by atoms with Crippen LogP contribution in [0.25, 0.3) is 0 Å². The predicted molar refractivity (Wildman–Crippen MR) is 24.0 cm³/mol. The van der Waals surface area contributed by atoms with Crippen LogP contribution in [-0.4, -0.2) is 5.34 Å². The summed E-state index contributed by atoms with van der Waals surface area (Å²) in [7, 11) is 0. The zero-order valence-corrected chi connectivity index (χ0v) is 5.87. The number of hydrogen-bond donors (Lipinski definition) is 0. The molecule has 0 unspecified atom stereocenters. The van der Waals surface area contributed by atoms with Gasteiger partial charge in [0.15, 0.2) is 0 Å². The van der Waals surface area contributed by atoms with Crippen LogP contribution >= 0.6 is 23.2 Å². The molecule has 1 radical (unpaired) electrons. The molecule has 0 aromatic carbocycles. The Morgan fingerprint density at radius 2 is 1.29 bits per heavy atom. The van der Waals surface area contributed by atoms with E-state index in [4.69, 9.17) is 27.0 Å². The van der Waals surface area contributed by atoms with Gasteiger partial charge in [0.05, 0.1) is 5.34 Å². The van der Waals surface area contributed by atoms with E-state index in [2.05, 4.69) is 15.9 Å². The molecular formula is C2H6Cl2Cu2O. The molecule has 5 heteroatoms. The van der Waals surface area contributed by atoms with Crippen LogP contribution in [-0.2, 0) is 36.8 Å². The fourth-order valence-electron chi connectivity index (χ4n) is 0. The molecule has 0 atom stereocenters. The van der Waals surface area contributed by atoms with E-state index in [1.54, 1.807) is 0 Å². The SMILES string of the molecule is C.ClCCl.[Cu].[O]=[Cu]. The van der Waals surface area contributed by atoms with Gasteiger partial charge in [-0.3, -0.25) is 0 Å². The summed E-state index contributed by atoms with van der Waals surface area (Å²) in [4.78, 5) is 0. The van der Waals surface area contributed by atoms with Crippen molar-refractivity contribution in [3.63, 3.8) is 0 Å². The summed E-state index contributed by atoms with van der Waals surface area (Å²) in [5, 5.41) is 0.194. The quantitative estimate of drug-likeness (QED) is 0.470. The van der Waals surface area contributed by atoms with Gasteiger partial charge < -0.3 is 0 Å². The molecule has 0 aromatic heterocycles. The summed E-state index contributed by atoms with van der Waals surface area (Å²) >= 11 is 12.5. The molecular weight excluding hydrogens is 238 g/mol. The van der Waals surface area contributed by atoms with Crippen molar-refractivity contribution < 1.29 is 36.8 Å². The van der Waals surface area contributed by atoms with Crippen molar-refractivity contribution in [2.75, 3.05) is 5.34 Å². The van der Waals surface area contributed by atoms with E-state index in [0.29, 0.717) is 0 Å². The van der Waals surface area contributed by atoms with Crippen LogP contribution in [0.15, 0.2) is 0 Å². The van der Waals surface area contributed by atoms with Crippen molar-refractivity contribution in [2.24, 2.45) is 0 Å². The summed E-state index contributed by atoms with van der Waals surface area (Å²) < 4.78 is 7.81. The van der Waals surface area contributed by atoms with Gasteiger partial charge in [-0.2, -0.15) is 0 Å². The standard InChI is InChI=1S/CH2Cl2.CH4.2Cu.O/c2-1-3;;;;/h1H2;1H4;;;. The topological polar surface area (TPSA) is 17.1 Å². The van der Waals surface area contributed by atoms with E-state index < -0.39 is 0 Å². The average Bonchev–Trinajstić information content (AvgIpc) is 1.46. The van der Waals surface area contributed by atoms with Crippen molar-refractivity contribution >= 4 is 23.2 Å². The van der Waals surface area contributed by atoms with Gasteiger partial charge in [0.25, 0.3) is 0 Å². The number of rotatable bonds is 0. The van der Waals surface area contributed by atoms with Crippen LogP contribution in [0, 0.1) is 0 Å². The maximum absolute atomic E-state index is 7.81. The van der Waals surface area contributed by atoms with Crippen LogP contribution in [0.4, 0.5) is 0 Å². The minimum absolute atomic E-state index is 0. The van der Waals surface area contributed by atoms with Gasteiger partial charge in [0, 0.05) is 17.1 Å². The fraction of sp³-hybridized carbons (Fsp3) is 1.00. The molecule has 0 saturated carbocycles. The Morgan fingerprint density at radius 1 is 1.29 bits per heavy atom. The molecule has 0 rings (SSSR count). The number of hydrogen-bond acceptors (Lipinski definition) is 1. The third-order valence-electron chi connectivity index (χ3n) is 0. The van der Waals surface area contributed by atoms with Gasteiger partial charge in [-0.25, -0.2) is 0 Å². The molecule has 0 bridgehead atoms. The van der Waals surface area contributed by atoms with Crippen LogP contribution in [0.3, 0.4) is 0 Å². The molecule has 7 heavy (non-hydrogen) atoms. The molecule has 0 aliphatic carbocycles. The van der Waals surface area contributed by atoms with Crippen molar-refractivity contribution in [1.29, 1.82) is 0 Å². The molecule has 0 N–H and O–H groups in total. The van der Waals surface area contributed by atoms with E-state index in [0.717, 1.165) is 0 Å². The van der Waals surface area contributed by atoms with E-state index in [-0.39, 0.29) is 29.8 Å². The Hall–Kier alpha value is 1.42. The van der Waals surface area contributed by atoms with Crippen LogP contribution in [0.2, 0.25) is 0 Å². The Bertz CT molecular complexity index is 17.7. The van der Waals surface area contributed by atoms with Gasteiger partial charge in [-0.15, -0.1) is 23.2 Å². The van der Waals surface area contributed by atoms with Gasteiger partial charge >= 0.3 is 19.8 Å². The second-order valence-electron chi connectivity index (χ2n) is 0.101. The molecule has 0 aliphatic heterocycles. The monoisotopic (exact) mass is 242 g/mol. The molecule has 1 nitrogen and oxygen atoms in total. The first kappa shape index (κ1) is 23.7. The first-order chi connectivity index (χ1) is 2.41. The Morgan fingerprint density at radius 3 is 1.29 bits per heavy atom. The van der Waals surface area contributed by atoms with Gasteiger partial charge in [0.1, 0.15) is 0 Å². The molecule has 0 heterocycles. The van der Waals surface area contributed by atoms with Crippen molar-refractivity contribution in [1.82, 2.24) is 0 Å². The summed E-state index contributed by atoms with van der Waals surface area (Å²) in [6.07, 6.45) is 0. The molecule has 56 valence electrons. The zero-order valence-electron chi connectivity index (χ0n) is 2.47.